The van der Waals surface area contributed by atoms with Crippen molar-refractivity contribution in [2.75, 3.05) is 24.5 Å². The van der Waals surface area contributed by atoms with Gasteiger partial charge in [-0.15, -0.1) is 0 Å². The Morgan fingerprint density at radius 1 is 0.254 bits per heavy atom. The Morgan fingerprint density at radius 2 is 0.562 bits per heavy atom. The quantitative estimate of drug-likeness (QED) is 0.116. The van der Waals surface area contributed by atoms with E-state index in [4.69, 9.17) is 27.8 Å². The molecule has 0 unspecified atom stereocenters. The topological polar surface area (TPSA) is 79.4 Å². The first kappa shape index (κ1) is 77.1. The highest BCUT2D eigenvalue weighted by Gasteiger charge is 2.52. The first-order valence-corrected chi connectivity index (χ1v) is 45.3. The molecular weight excluding hydrogens is 1590 g/mol. The lowest BCUT2D eigenvalue weighted by atomic mass is 9.29. The number of rotatable bonds is 11. The monoisotopic (exact) mass is 1680 g/mol. The average molecular weight is 1680 g/mol. The first-order valence-electron chi connectivity index (χ1n) is 45.3. The van der Waals surface area contributed by atoms with Crippen LogP contribution in [0.25, 0.3) is 43.9 Å². The molecule has 0 aliphatic carbocycles. The summed E-state index contributed by atoms with van der Waals surface area (Å²) in [4.78, 5) is 12.1. The second-order valence-electron chi connectivity index (χ2n) is 38.2. The molecule has 11 nitrogen and oxygen atoms in total. The molecule has 0 N–H and O–H groups in total. The maximum atomic E-state index is 8.26. The molecule has 0 saturated heterocycles. The van der Waals surface area contributed by atoms with Crippen molar-refractivity contribution in [2.24, 2.45) is 0 Å². The van der Waals surface area contributed by atoms with Crippen molar-refractivity contribution in [1.82, 2.24) is 0 Å². The molecule has 8 heterocycles. The standard InChI is InChI=1S/C116H90B3N5O6/c1-67-53-69(3)109(70(4)54-67)123-92-65-99-91(63-88(92)117-86-49-51-96-104(82-45-31-47-84(111(82)127-96)115(7,8)9)113(86)129-101-60-80(58-95(123)107(101)117)121(75-37-23-15-24-38-75)76-39-25-16-26-40-76)119-89-64-90-98(66-93(89)124(110-71(5)55-68(2)56-72(110)6)94-57-79(59-100(125-99)106(94)119)120(73-33-19-13-20-34-73)74-35-21-14-22-36-74)126-102-61-81(122(77-41-27-17-28-42-77)78-43-29-18-30-44-78)62-103-108(102)118(90)87-50-52-97-105(114(87)130-103)83-46-32-48-85(112(83)128-97)116(10,11)12/h13-66H,1-12H3. The molecule has 130 heavy (non-hydrogen) atoms. The molecule has 2 aromatic heterocycles. The van der Waals surface area contributed by atoms with Crippen LogP contribution in [0.2, 0.25) is 0 Å². The van der Waals surface area contributed by atoms with Gasteiger partial charge >= 0.3 is 0 Å². The van der Waals surface area contributed by atoms with Crippen LogP contribution in [-0.2, 0) is 10.8 Å². The molecular formula is C116H90B3N5O6. The van der Waals surface area contributed by atoms with E-state index >= 15 is 0 Å². The van der Waals surface area contributed by atoms with Gasteiger partial charge in [0.1, 0.15) is 68.3 Å². The van der Waals surface area contributed by atoms with Crippen LogP contribution in [0.4, 0.5) is 85.3 Å². The second kappa shape index (κ2) is 28.6. The van der Waals surface area contributed by atoms with Crippen molar-refractivity contribution in [3.63, 3.8) is 0 Å². The number of hydrogen-bond donors (Lipinski definition) is 0. The van der Waals surface area contributed by atoms with E-state index in [0.717, 1.165) is 246 Å². The minimum absolute atomic E-state index is 0.227. The highest BCUT2D eigenvalue weighted by atomic mass is 16.5. The Hall–Kier alpha value is -15.3. The highest BCUT2D eigenvalue weighted by Crippen LogP contribution is 2.56. The summed E-state index contributed by atoms with van der Waals surface area (Å²) in [6.45, 7) is 25.7. The second-order valence-corrected chi connectivity index (χ2v) is 38.2. The van der Waals surface area contributed by atoms with Gasteiger partial charge in [0.2, 0.25) is 0 Å². The minimum Gasteiger partial charge on any atom is -0.458 e. The molecule has 0 bridgehead atoms. The van der Waals surface area contributed by atoms with Crippen LogP contribution in [0, 0.1) is 41.5 Å². The Morgan fingerprint density at radius 3 is 0.908 bits per heavy atom. The lowest BCUT2D eigenvalue weighted by Crippen LogP contribution is -2.64. The predicted molar refractivity (Wildman–Crippen MR) is 540 cm³/mol. The number of furan rings is 2. The molecule has 624 valence electrons. The zero-order valence-corrected chi connectivity index (χ0v) is 74.6. The predicted octanol–water partition coefficient (Wildman–Crippen LogP) is 25.9. The SMILES string of the molecule is Cc1cc(C)c(N2c3cc4c(cc3B3c5cc6c(cc5Oc5cc(N(c7ccccc7)c7ccccc7)cc2c53)N(c2c(C)cc(C)cc2C)c2cc(N(c3ccccc3)c3ccccc3)cc3c2B6c2ccc5oc6c(C(C)(C)C)cccc6c5c2O3)B2c3ccc5oc6c(C(C)(C)C)cccc6c5c3Oc3cc(N(c5ccccc5)c5ccccc5)cc(c32)O4)c(C)c1. The van der Waals surface area contributed by atoms with Gasteiger partial charge in [0, 0.05) is 121 Å². The summed E-state index contributed by atoms with van der Waals surface area (Å²) in [7, 11) is 0. The molecule has 14 heteroatoms. The van der Waals surface area contributed by atoms with E-state index in [9.17, 15) is 0 Å². The summed E-state index contributed by atoms with van der Waals surface area (Å²) >= 11 is 0. The molecule has 0 spiro atoms. The van der Waals surface area contributed by atoms with Crippen LogP contribution in [0.5, 0.6) is 46.0 Å². The van der Waals surface area contributed by atoms with E-state index < -0.39 is 20.1 Å². The van der Waals surface area contributed by atoms with Crippen LogP contribution in [0.3, 0.4) is 0 Å². The first-order chi connectivity index (χ1) is 63.2. The largest absolute Gasteiger partial charge is 0.458 e. The summed E-state index contributed by atoms with van der Waals surface area (Å²) in [6.07, 6.45) is 0. The molecule has 25 rings (SSSR count). The number of nitrogens with zero attached hydrogens (tertiary/aromatic N) is 5. The number of fused-ring (bicyclic) bond motifs is 20. The van der Waals surface area contributed by atoms with Gasteiger partial charge < -0.3 is 52.3 Å². The fraction of sp³-hybridized carbons (Fsp3) is 0.121. The van der Waals surface area contributed by atoms with Crippen molar-refractivity contribution >= 4 is 198 Å². The van der Waals surface area contributed by atoms with Gasteiger partial charge in [0.15, 0.2) is 0 Å². The van der Waals surface area contributed by atoms with Gasteiger partial charge in [-0.05, 0) is 215 Å². The van der Waals surface area contributed by atoms with Crippen molar-refractivity contribution in [2.45, 2.75) is 93.9 Å². The summed E-state index contributed by atoms with van der Waals surface area (Å²) < 4.78 is 46.4. The molecule has 6 aliphatic heterocycles. The molecule has 0 fully saturated rings. The van der Waals surface area contributed by atoms with Gasteiger partial charge in [-0.1, -0.05) is 247 Å². The third-order valence-electron chi connectivity index (χ3n) is 27.7. The summed E-state index contributed by atoms with van der Waals surface area (Å²) in [6, 6.07) is 119. The Kier molecular flexibility index (Phi) is 17.0. The number of para-hydroxylation sites is 8. The van der Waals surface area contributed by atoms with E-state index in [1.165, 1.54) is 11.1 Å². The fourth-order valence-electron chi connectivity index (χ4n) is 22.5. The number of benzene rings is 17. The Labute approximate surface area is 757 Å². The minimum atomic E-state index is -0.484. The molecule has 0 amide bonds. The molecule has 17 aromatic carbocycles. The fourth-order valence-corrected chi connectivity index (χ4v) is 22.5. The van der Waals surface area contributed by atoms with E-state index in [-0.39, 0.29) is 10.8 Å². The third kappa shape index (κ3) is 11.7. The van der Waals surface area contributed by atoms with Gasteiger partial charge in [0.05, 0.1) is 39.2 Å². The summed E-state index contributed by atoms with van der Waals surface area (Å²) in [5.74, 6) is 5.90. The number of anilines is 15. The van der Waals surface area contributed by atoms with E-state index in [0.29, 0.717) is 11.5 Å². The summed E-state index contributed by atoms with van der Waals surface area (Å²) in [5.41, 5.74) is 36.1. The van der Waals surface area contributed by atoms with Gasteiger partial charge in [-0.3, -0.25) is 0 Å². The number of aryl methyl sites for hydroxylation is 6. The van der Waals surface area contributed by atoms with Gasteiger partial charge in [-0.2, -0.15) is 0 Å². The smallest absolute Gasteiger partial charge is 0.260 e. The molecule has 0 radical (unpaired) electrons. The normalized spacial score (nSPS) is 13.4. The van der Waals surface area contributed by atoms with Crippen molar-refractivity contribution in [3.05, 3.63) is 372 Å². The molecule has 0 saturated carbocycles. The maximum Gasteiger partial charge on any atom is 0.260 e. The van der Waals surface area contributed by atoms with E-state index in [1.807, 2.05) is 0 Å². The van der Waals surface area contributed by atoms with Crippen molar-refractivity contribution < 1.29 is 27.8 Å². The van der Waals surface area contributed by atoms with Gasteiger partial charge in [-0.25, -0.2) is 0 Å². The van der Waals surface area contributed by atoms with Crippen LogP contribution in [0.1, 0.15) is 86.1 Å². The lowest BCUT2D eigenvalue weighted by molar-refractivity contribution is 0.467. The molecule has 6 aliphatic rings. The molecule has 19 aromatic rings. The zero-order chi connectivity index (χ0) is 87.8. The van der Waals surface area contributed by atoms with Gasteiger partial charge in [0.25, 0.3) is 20.1 Å². The van der Waals surface area contributed by atoms with E-state index in [1.54, 1.807) is 0 Å². The Bertz CT molecular complexity index is 7840. The van der Waals surface area contributed by atoms with Crippen LogP contribution in [-0.4, -0.2) is 20.1 Å². The maximum absolute atomic E-state index is 8.26. The average Bonchev–Trinajstić information content (AvgIpc) is 0.945. The lowest BCUT2D eigenvalue weighted by Gasteiger charge is -2.45. The summed E-state index contributed by atoms with van der Waals surface area (Å²) in [5, 5.41) is 3.88. The van der Waals surface area contributed by atoms with Crippen LogP contribution < -0.4 is 92.6 Å². The molecule has 0 atom stereocenters. The van der Waals surface area contributed by atoms with E-state index in [2.05, 4.69) is 435 Å². The Balaban J connectivity index is 0.801. The van der Waals surface area contributed by atoms with Crippen LogP contribution >= 0.6 is 0 Å². The van der Waals surface area contributed by atoms with Crippen molar-refractivity contribution in [1.29, 1.82) is 0 Å². The van der Waals surface area contributed by atoms with Crippen molar-refractivity contribution in [3.8, 4) is 46.0 Å². The highest BCUT2D eigenvalue weighted by molar-refractivity contribution is 7.03. The van der Waals surface area contributed by atoms with Crippen LogP contribution in [0.15, 0.2) is 336 Å². The number of ether oxygens (including phenoxy) is 4. The number of hydrogen-bond acceptors (Lipinski definition) is 11. The third-order valence-corrected chi connectivity index (χ3v) is 27.7. The zero-order valence-electron chi connectivity index (χ0n) is 74.6.